The van der Waals surface area contributed by atoms with Crippen LogP contribution in [0.3, 0.4) is 0 Å². The van der Waals surface area contributed by atoms with Crippen LogP contribution in [-0.4, -0.2) is 47.7 Å². The number of nitrogens with zero attached hydrogens (tertiary/aromatic N) is 4. The van der Waals surface area contributed by atoms with E-state index >= 15 is 0 Å². The number of hydrogen-bond acceptors (Lipinski definition) is 5. The van der Waals surface area contributed by atoms with Crippen LogP contribution in [0.4, 0.5) is 5.69 Å². The molecule has 1 fully saturated rings. The first-order valence-electron chi connectivity index (χ1n) is 10.1. The molecule has 0 saturated carbocycles. The van der Waals surface area contributed by atoms with Crippen molar-refractivity contribution < 1.29 is 13.2 Å². The lowest BCUT2D eigenvalue weighted by molar-refractivity contribution is 0.0980. The highest BCUT2D eigenvalue weighted by Gasteiger charge is 2.34. The van der Waals surface area contributed by atoms with Gasteiger partial charge >= 0.3 is 0 Å². The van der Waals surface area contributed by atoms with Gasteiger partial charge in [-0.05, 0) is 63.8 Å². The summed E-state index contributed by atoms with van der Waals surface area (Å²) in [5, 5.41) is 0. The molecule has 1 atom stereocenters. The minimum absolute atomic E-state index is 0.0638. The third kappa shape index (κ3) is 3.55. The highest BCUT2D eigenvalue weighted by Crippen LogP contribution is 2.36. The average molecular weight is 415 g/mol. The SMILES string of the molecule is Cc1ncc(C(=O)N2c3ccc(S(=O)(=O)N4CCCCC4)cc3C[C@H]2C)c(C)n1. The van der Waals surface area contributed by atoms with Gasteiger partial charge in [0.15, 0.2) is 0 Å². The maximum absolute atomic E-state index is 13.2. The summed E-state index contributed by atoms with van der Waals surface area (Å²) in [4.78, 5) is 23.7. The number of carbonyl (C=O) groups is 1. The minimum atomic E-state index is -3.49. The van der Waals surface area contributed by atoms with E-state index in [0.29, 0.717) is 41.5 Å². The van der Waals surface area contributed by atoms with Crippen LogP contribution in [0.5, 0.6) is 0 Å². The van der Waals surface area contributed by atoms with E-state index in [9.17, 15) is 13.2 Å². The summed E-state index contributed by atoms with van der Waals surface area (Å²) in [6.45, 7) is 6.72. The Morgan fingerprint density at radius 1 is 1.14 bits per heavy atom. The molecule has 2 aliphatic rings. The number of hydrogen-bond donors (Lipinski definition) is 0. The molecule has 7 nitrogen and oxygen atoms in total. The molecule has 1 aromatic heterocycles. The number of aromatic nitrogens is 2. The normalized spacial score (nSPS) is 20.0. The van der Waals surface area contributed by atoms with E-state index in [1.807, 2.05) is 6.92 Å². The predicted octanol–water partition coefficient (Wildman–Crippen LogP) is 2.86. The van der Waals surface area contributed by atoms with E-state index in [2.05, 4.69) is 9.97 Å². The van der Waals surface area contributed by atoms with Gasteiger partial charge < -0.3 is 4.90 Å². The van der Waals surface area contributed by atoms with Crippen molar-refractivity contribution >= 4 is 21.6 Å². The number of fused-ring (bicyclic) bond motifs is 1. The molecule has 1 saturated heterocycles. The zero-order valence-corrected chi connectivity index (χ0v) is 17.9. The van der Waals surface area contributed by atoms with Crippen LogP contribution in [0.1, 0.15) is 53.6 Å². The first kappa shape index (κ1) is 20.0. The van der Waals surface area contributed by atoms with Crippen molar-refractivity contribution in [3.8, 4) is 0 Å². The molecule has 0 spiro atoms. The summed E-state index contributed by atoms with van der Waals surface area (Å²) >= 11 is 0. The molecular weight excluding hydrogens is 388 g/mol. The van der Waals surface area contributed by atoms with Gasteiger partial charge in [-0.2, -0.15) is 4.31 Å². The second-order valence-electron chi connectivity index (χ2n) is 7.90. The summed E-state index contributed by atoms with van der Waals surface area (Å²) in [6, 6.07) is 5.06. The van der Waals surface area contributed by atoms with E-state index in [4.69, 9.17) is 0 Å². The molecule has 4 rings (SSSR count). The number of benzene rings is 1. The van der Waals surface area contributed by atoms with E-state index < -0.39 is 10.0 Å². The molecule has 8 heteroatoms. The molecule has 1 amide bonds. The van der Waals surface area contributed by atoms with Crippen LogP contribution in [0.25, 0.3) is 0 Å². The first-order valence-corrected chi connectivity index (χ1v) is 11.5. The van der Waals surface area contributed by atoms with Crippen molar-refractivity contribution in [2.24, 2.45) is 0 Å². The number of amides is 1. The Balaban J connectivity index is 1.67. The largest absolute Gasteiger partial charge is 0.305 e. The molecule has 0 N–H and O–H groups in total. The summed E-state index contributed by atoms with van der Waals surface area (Å²) in [5.41, 5.74) is 2.77. The number of aryl methyl sites for hydroxylation is 2. The monoisotopic (exact) mass is 414 g/mol. The summed E-state index contributed by atoms with van der Waals surface area (Å²) in [7, 11) is -3.49. The van der Waals surface area contributed by atoms with Gasteiger partial charge in [-0.15, -0.1) is 0 Å². The Bertz CT molecular complexity index is 1060. The molecule has 0 bridgehead atoms. The molecule has 29 heavy (non-hydrogen) atoms. The standard InChI is InChI=1S/C21H26N4O3S/c1-14-11-17-12-18(29(27,28)24-9-5-4-6-10-24)7-8-20(17)25(14)21(26)19-13-22-16(3)23-15(19)2/h7-8,12-14H,4-6,9-11H2,1-3H3/t14-/m1/s1. The van der Waals surface area contributed by atoms with Gasteiger partial charge in [0, 0.05) is 31.0 Å². The quantitative estimate of drug-likeness (QED) is 0.771. The van der Waals surface area contributed by atoms with Crippen LogP contribution in [-0.2, 0) is 16.4 Å². The van der Waals surface area contributed by atoms with Crippen molar-refractivity contribution in [3.05, 3.63) is 47.0 Å². The highest BCUT2D eigenvalue weighted by molar-refractivity contribution is 7.89. The van der Waals surface area contributed by atoms with Crippen molar-refractivity contribution in [1.82, 2.24) is 14.3 Å². The highest BCUT2D eigenvalue weighted by atomic mass is 32.2. The van der Waals surface area contributed by atoms with Crippen LogP contribution >= 0.6 is 0 Å². The van der Waals surface area contributed by atoms with Gasteiger partial charge in [0.1, 0.15) is 5.82 Å². The maximum Gasteiger partial charge on any atom is 0.261 e. The average Bonchev–Trinajstić information content (AvgIpc) is 3.03. The number of anilines is 1. The summed E-state index contributed by atoms with van der Waals surface area (Å²) in [6.07, 6.45) is 5.08. The van der Waals surface area contributed by atoms with Gasteiger partial charge in [-0.1, -0.05) is 6.42 Å². The molecule has 0 aliphatic carbocycles. The third-order valence-electron chi connectivity index (χ3n) is 5.77. The van der Waals surface area contributed by atoms with Crippen LogP contribution in [0.15, 0.2) is 29.3 Å². The summed E-state index contributed by atoms with van der Waals surface area (Å²) in [5.74, 6) is 0.474. The van der Waals surface area contributed by atoms with Gasteiger partial charge in [-0.3, -0.25) is 4.79 Å². The van der Waals surface area contributed by atoms with Gasteiger partial charge in [0.2, 0.25) is 10.0 Å². The molecule has 0 unspecified atom stereocenters. The fourth-order valence-electron chi connectivity index (χ4n) is 4.25. The lowest BCUT2D eigenvalue weighted by Gasteiger charge is -2.26. The predicted molar refractivity (Wildman–Crippen MR) is 111 cm³/mol. The maximum atomic E-state index is 13.2. The molecule has 0 radical (unpaired) electrons. The van der Waals surface area contributed by atoms with Crippen LogP contribution in [0.2, 0.25) is 0 Å². The van der Waals surface area contributed by atoms with E-state index in [0.717, 1.165) is 30.5 Å². The molecule has 2 aromatic rings. The Morgan fingerprint density at radius 2 is 1.86 bits per heavy atom. The van der Waals surface area contributed by atoms with Crippen molar-refractivity contribution in [2.45, 2.75) is 57.4 Å². The Morgan fingerprint density at radius 3 is 2.55 bits per heavy atom. The second-order valence-corrected chi connectivity index (χ2v) is 9.84. The Labute approximate surface area is 171 Å². The zero-order chi connectivity index (χ0) is 20.8. The lowest BCUT2D eigenvalue weighted by Crippen LogP contribution is -2.36. The van der Waals surface area contributed by atoms with Gasteiger partial charge in [0.05, 0.1) is 16.2 Å². The molecule has 154 valence electrons. The number of sulfonamides is 1. The first-order chi connectivity index (χ1) is 13.8. The van der Waals surface area contributed by atoms with Crippen LogP contribution < -0.4 is 4.90 Å². The fourth-order valence-corrected chi connectivity index (χ4v) is 5.82. The molecule has 3 heterocycles. The molecular formula is C21H26N4O3S. The van der Waals surface area contributed by atoms with Gasteiger partial charge in [0.25, 0.3) is 5.91 Å². The minimum Gasteiger partial charge on any atom is -0.305 e. The third-order valence-corrected chi connectivity index (χ3v) is 7.66. The molecule has 2 aliphatic heterocycles. The lowest BCUT2D eigenvalue weighted by atomic mass is 10.1. The van der Waals surface area contributed by atoms with Crippen molar-refractivity contribution in [3.63, 3.8) is 0 Å². The number of carbonyl (C=O) groups excluding carboxylic acids is 1. The van der Waals surface area contributed by atoms with E-state index in [1.54, 1.807) is 47.4 Å². The van der Waals surface area contributed by atoms with E-state index in [1.165, 1.54) is 0 Å². The second kappa shape index (κ2) is 7.50. The molecule has 1 aromatic carbocycles. The summed E-state index contributed by atoms with van der Waals surface area (Å²) < 4.78 is 27.6. The number of piperidine rings is 1. The van der Waals surface area contributed by atoms with Gasteiger partial charge in [-0.25, -0.2) is 18.4 Å². The Hall–Kier alpha value is -2.32. The van der Waals surface area contributed by atoms with Crippen molar-refractivity contribution in [1.29, 1.82) is 0 Å². The smallest absolute Gasteiger partial charge is 0.261 e. The van der Waals surface area contributed by atoms with Crippen LogP contribution in [0, 0.1) is 13.8 Å². The fraction of sp³-hybridized carbons (Fsp3) is 0.476. The number of rotatable bonds is 3. The van der Waals surface area contributed by atoms with Crippen molar-refractivity contribution in [2.75, 3.05) is 18.0 Å². The Kier molecular flexibility index (Phi) is 5.16. The topological polar surface area (TPSA) is 83.5 Å². The zero-order valence-electron chi connectivity index (χ0n) is 17.1. The van der Waals surface area contributed by atoms with E-state index in [-0.39, 0.29) is 11.9 Å².